The van der Waals surface area contributed by atoms with E-state index in [1.807, 2.05) is 26.0 Å². The first-order valence-electron chi connectivity index (χ1n) is 10.3. The van der Waals surface area contributed by atoms with Crippen molar-refractivity contribution in [3.8, 4) is 0 Å². The van der Waals surface area contributed by atoms with Crippen LogP contribution in [-0.4, -0.2) is 39.7 Å². The lowest BCUT2D eigenvalue weighted by Crippen LogP contribution is -2.31. The number of amides is 1. The first-order chi connectivity index (χ1) is 14.7. The van der Waals surface area contributed by atoms with E-state index in [4.69, 9.17) is 4.74 Å². The third-order valence-electron chi connectivity index (χ3n) is 4.82. The quantitative estimate of drug-likeness (QED) is 0.559. The third kappa shape index (κ3) is 7.10. The maximum Gasteiger partial charge on any atom is 0.338 e. The number of carbonyl (C=O) groups is 2. The molecule has 0 aliphatic rings. The van der Waals surface area contributed by atoms with Crippen LogP contribution in [0.15, 0.2) is 42.5 Å². The van der Waals surface area contributed by atoms with Gasteiger partial charge in [0.15, 0.2) is 0 Å². The predicted octanol–water partition coefficient (Wildman–Crippen LogP) is 3.92. The van der Waals surface area contributed by atoms with Crippen LogP contribution in [0.2, 0.25) is 0 Å². The summed E-state index contributed by atoms with van der Waals surface area (Å²) in [6, 6.07) is 12.3. The van der Waals surface area contributed by atoms with Gasteiger partial charge in [-0.1, -0.05) is 25.1 Å². The molecule has 7 nitrogen and oxygen atoms in total. The van der Waals surface area contributed by atoms with Crippen molar-refractivity contribution < 1.29 is 22.7 Å². The molecule has 0 aliphatic carbocycles. The monoisotopic (exact) mass is 446 g/mol. The van der Waals surface area contributed by atoms with Gasteiger partial charge < -0.3 is 10.1 Å². The summed E-state index contributed by atoms with van der Waals surface area (Å²) >= 11 is 0. The Hall–Kier alpha value is -2.87. The van der Waals surface area contributed by atoms with Crippen LogP contribution in [0.1, 0.15) is 48.2 Å². The smallest absolute Gasteiger partial charge is 0.338 e. The highest BCUT2D eigenvalue weighted by Gasteiger charge is 2.18. The number of benzene rings is 2. The van der Waals surface area contributed by atoms with Crippen LogP contribution < -0.4 is 9.62 Å². The third-order valence-corrected chi connectivity index (χ3v) is 6.01. The molecule has 0 radical (unpaired) electrons. The molecule has 0 bridgehead atoms. The Morgan fingerprint density at radius 1 is 1.06 bits per heavy atom. The number of sulfonamides is 1. The summed E-state index contributed by atoms with van der Waals surface area (Å²) in [7, 11) is -3.47. The van der Waals surface area contributed by atoms with Crippen molar-refractivity contribution in [2.24, 2.45) is 0 Å². The van der Waals surface area contributed by atoms with Crippen molar-refractivity contribution in [3.63, 3.8) is 0 Å². The zero-order chi connectivity index (χ0) is 23.0. The van der Waals surface area contributed by atoms with Crippen molar-refractivity contribution in [3.05, 3.63) is 59.2 Å². The molecule has 0 heterocycles. The number of aryl methyl sites for hydroxylation is 2. The summed E-state index contributed by atoms with van der Waals surface area (Å²) in [6.45, 7) is 6.06. The topological polar surface area (TPSA) is 92.8 Å². The van der Waals surface area contributed by atoms with E-state index in [2.05, 4.69) is 5.32 Å². The van der Waals surface area contributed by atoms with E-state index >= 15 is 0 Å². The number of esters is 1. The van der Waals surface area contributed by atoms with Gasteiger partial charge in [-0.25, -0.2) is 13.2 Å². The summed E-state index contributed by atoms with van der Waals surface area (Å²) in [6.07, 6.45) is 2.52. The molecule has 0 unspecified atom stereocenters. The Morgan fingerprint density at radius 3 is 2.32 bits per heavy atom. The van der Waals surface area contributed by atoms with E-state index < -0.39 is 16.0 Å². The van der Waals surface area contributed by atoms with Gasteiger partial charge in [0.2, 0.25) is 15.9 Å². The van der Waals surface area contributed by atoms with Gasteiger partial charge in [-0.2, -0.15) is 0 Å². The van der Waals surface area contributed by atoms with Crippen molar-refractivity contribution >= 4 is 33.3 Å². The Kier molecular flexibility index (Phi) is 8.62. The maximum atomic E-state index is 12.4. The van der Waals surface area contributed by atoms with Gasteiger partial charge in [0.25, 0.3) is 0 Å². The molecule has 0 atom stereocenters. The molecule has 2 rings (SSSR count). The van der Waals surface area contributed by atoms with Crippen LogP contribution in [0.3, 0.4) is 0 Å². The zero-order valence-electron chi connectivity index (χ0n) is 18.5. The lowest BCUT2D eigenvalue weighted by Gasteiger charge is -2.22. The molecule has 0 spiro atoms. The number of ether oxygens (including phenoxy) is 1. The van der Waals surface area contributed by atoms with Gasteiger partial charge >= 0.3 is 5.97 Å². The van der Waals surface area contributed by atoms with Crippen LogP contribution in [0, 0.1) is 6.92 Å². The van der Waals surface area contributed by atoms with Gasteiger partial charge in [-0.05, 0) is 62.1 Å². The number of nitrogens with zero attached hydrogens (tertiary/aromatic N) is 1. The summed E-state index contributed by atoms with van der Waals surface area (Å²) < 4.78 is 30.8. The SMILES string of the molecule is CCOC(=O)c1ccc(C)c(NC(=O)CCCN(c2ccc(CC)cc2)S(C)(=O)=O)c1. The highest BCUT2D eigenvalue weighted by molar-refractivity contribution is 7.92. The van der Waals surface area contributed by atoms with E-state index in [9.17, 15) is 18.0 Å². The van der Waals surface area contributed by atoms with Crippen LogP contribution in [0.5, 0.6) is 0 Å². The first kappa shape index (κ1) is 24.4. The lowest BCUT2D eigenvalue weighted by molar-refractivity contribution is -0.116. The van der Waals surface area contributed by atoms with Gasteiger partial charge in [0.05, 0.1) is 24.1 Å². The fourth-order valence-electron chi connectivity index (χ4n) is 3.08. The second-order valence-corrected chi connectivity index (χ2v) is 9.16. The molecule has 2 aromatic carbocycles. The fraction of sp³-hybridized carbons (Fsp3) is 0.391. The van der Waals surface area contributed by atoms with Crippen molar-refractivity contribution in [1.82, 2.24) is 0 Å². The Bertz CT molecular complexity index is 1020. The fourth-order valence-corrected chi connectivity index (χ4v) is 4.04. The number of carbonyl (C=O) groups excluding carboxylic acids is 2. The Morgan fingerprint density at radius 2 is 1.74 bits per heavy atom. The average Bonchev–Trinajstić information content (AvgIpc) is 2.72. The summed E-state index contributed by atoms with van der Waals surface area (Å²) in [5.74, 6) is -0.699. The van der Waals surface area contributed by atoms with E-state index in [0.29, 0.717) is 23.4 Å². The molecule has 8 heteroatoms. The molecule has 0 fully saturated rings. The normalized spacial score (nSPS) is 11.1. The molecule has 0 saturated carbocycles. The molecule has 0 aliphatic heterocycles. The number of hydrogen-bond donors (Lipinski definition) is 1. The number of anilines is 2. The zero-order valence-corrected chi connectivity index (χ0v) is 19.3. The van der Waals surface area contributed by atoms with Crippen LogP contribution >= 0.6 is 0 Å². The number of rotatable bonds is 10. The molecular weight excluding hydrogens is 416 g/mol. The predicted molar refractivity (Wildman–Crippen MR) is 123 cm³/mol. The highest BCUT2D eigenvalue weighted by Crippen LogP contribution is 2.21. The van der Waals surface area contributed by atoms with Crippen LogP contribution in [0.4, 0.5) is 11.4 Å². The van der Waals surface area contributed by atoms with Crippen molar-refractivity contribution in [1.29, 1.82) is 0 Å². The van der Waals surface area contributed by atoms with Gasteiger partial charge in [-0.3, -0.25) is 9.10 Å². The van der Waals surface area contributed by atoms with Gasteiger partial charge in [0, 0.05) is 18.7 Å². The summed E-state index contributed by atoms with van der Waals surface area (Å²) in [5, 5.41) is 2.80. The van der Waals surface area contributed by atoms with Gasteiger partial charge in [-0.15, -0.1) is 0 Å². The van der Waals surface area contributed by atoms with Gasteiger partial charge in [0.1, 0.15) is 0 Å². The van der Waals surface area contributed by atoms with E-state index in [-0.39, 0.29) is 25.5 Å². The largest absolute Gasteiger partial charge is 0.462 e. The minimum Gasteiger partial charge on any atom is -0.462 e. The number of hydrogen-bond acceptors (Lipinski definition) is 5. The molecule has 1 amide bonds. The molecule has 2 aromatic rings. The highest BCUT2D eigenvalue weighted by atomic mass is 32.2. The molecular formula is C23H30N2O5S. The minimum absolute atomic E-state index is 0.141. The molecule has 0 saturated heterocycles. The van der Waals surface area contributed by atoms with E-state index in [1.165, 1.54) is 4.31 Å². The van der Waals surface area contributed by atoms with E-state index in [1.54, 1.807) is 37.3 Å². The molecule has 0 aromatic heterocycles. The second kappa shape index (κ2) is 10.9. The maximum absolute atomic E-state index is 12.4. The first-order valence-corrected chi connectivity index (χ1v) is 12.1. The lowest BCUT2D eigenvalue weighted by atomic mass is 10.1. The average molecular weight is 447 g/mol. The molecule has 1 N–H and O–H groups in total. The second-order valence-electron chi connectivity index (χ2n) is 7.26. The van der Waals surface area contributed by atoms with Crippen LogP contribution in [-0.2, 0) is 26.0 Å². The molecule has 168 valence electrons. The number of nitrogens with one attached hydrogen (secondary N) is 1. The standard InChI is InChI=1S/C23H30N2O5S/c1-5-18-10-13-20(14-11-18)25(31(4,28)29)15-7-8-22(26)24-21-16-19(12-9-17(21)3)23(27)30-6-2/h9-14,16H,5-8,15H2,1-4H3,(H,24,26). The van der Waals surface area contributed by atoms with Crippen molar-refractivity contribution in [2.75, 3.05) is 29.0 Å². The van der Waals surface area contributed by atoms with Crippen molar-refractivity contribution in [2.45, 2.75) is 40.0 Å². The minimum atomic E-state index is -3.47. The van der Waals surface area contributed by atoms with E-state index in [0.717, 1.165) is 23.8 Å². The Labute approximate surface area is 184 Å². The summed E-state index contributed by atoms with van der Waals surface area (Å²) in [5.41, 5.74) is 3.41. The van der Waals surface area contributed by atoms with Crippen LogP contribution in [0.25, 0.3) is 0 Å². The molecule has 31 heavy (non-hydrogen) atoms. The Balaban J connectivity index is 2.01. The summed E-state index contributed by atoms with van der Waals surface area (Å²) in [4.78, 5) is 24.3.